The number of nitrogens with one attached hydrogen (secondary N) is 1. The fraction of sp³-hybridized carbons (Fsp3) is 0. The third kappa shape index (κ3) is 3.13. The number of hydrogen-bond donors (Lipinski definition) is 2. The van der Waals surface area contributed by atoms with Crippen LogP contribution in [-0.2, 0) is 10.0 Å². The molecule has 0 atom stereocenters. The predicted octanol–water partition coefficient (Wildman–Crippen LogP) is 1.63. The van der Waals surface area contributed by atoms with Gasteiger partial charge in [-0.2, -0.15) is 0 Å². The molecular formula is C12H10ClN3O3S. The first-order valence-corrected chi connectivity index (χ1v) is 7.36. The number of primary sulfonamides is 1. The molecular weight excluding hydrogens is 302 g/mol. The molecule has 0 fully saturated rings. The van der Waals surface area contributed by atoms with E-state index in [-0.39, 0.29) is 21.3 Å². The van der Waals surface area contributed by atoms with Crippen LogP contribution < -0.4 is 10.5 Å². The number of amides is 1. The van der Waals surface area contributed by atoms with Gasteiger partial charge in [-0.3, -0.25) is 4.79 Å². The molecule has 0 spiro atoms. The smallest absolute Gasteiger partial charge is 0.258 e. The van der Waals surface area contributed by atoms with Crippen LogP contribution in [0.1, 0.15) is 10.4 Å². The number of nitrogens with two attached hydrogens (primary N) is 1. The summed E-state index contributed by atoms with van der Waals surface area (Å²) < 4.78 is 22.9. The first-order valence-electron chi connectivity index (χ1n) is 5.43. The molecule has 1 amide bonds. The monoisotopic (exact) mass is 311 g/mol. The van der Waals surface area contributed by atoms with Gasteiger partial charge in [0.1, 0.15) is 10.0 Å². The van der Waals surface area contributed by atoms with Crippen molar-refractivity contribution in [2.24, 2.45) is 5.14 Å². The van der Waals surface area contributed by atoms with Crippen molar-refractivity contribution in [2.75, 3.05) is 5.32 Å². The molecule has 3 N–H and O–H groups in total. The summed E-state index contributed by atoms with van der Waals surface area (Å²) >= 11 is 5.80. The maximum Gasteiger partial charge on any atom is 0.258 e. The van der Waals surface area contributed by atoms with Crippen LogP contribution in [0.2, 0.25) is 5.15 Å². The van der Waals surface area contributed by atoms with E-state index in [2.05, 4.69) is 10.3 Å². The number of rotatable bonds is 3. The number of hydrogen-bond acceptors (Lipinski definition) is 4. The van der Waals surface area contributed by atoms with Crippen LogP contribution in [0, 0.1) is 0 Å². The molecule has 20 heavy (non-hydrogen) atoms. The van der Waals surface area contributed by atoms with Gasteiger partial charge in [0.25, 0.3) is 5.91 Å². The van der Waals surface area contributed by atoms with Gasteiger partial charge in [0, 0.05) is 6.20 Å². The van der Waals surface area contributed by atoms with Gasteiger partial charge in [-0.05, 0) is 24.3 Å². The third-order valence-electron chi connectivity index (χ3n) is 2.45. The summed E-state index contributed by atoms with van der Waals surface area (Å²) in [5.41, 5.74) is 0.221. The SMILES string of the molecule is NS(=O)(=O)c1ccccc1NC(=O)c1cccnc1Cl. The van der Waals surface area contributed by atoms with E-state index in [9.17, 15) is 13.2 Å². The van der Waals surface area contributed by atoms with Crippen molar-refractivity contribution in [3.63, 3.8) is 0 Å². The molecule has 0 aliphatic heterocycles. The van der Waals surface area contributed by atoms with Crippen molar-refractivity contribution >= 4 is 33.2 Å². The highest BCUT2D eigenvalue weighted by Crippen LogP contribution is 2.21. The van der Waals surface area contributed by atoms with Crippen molar-refractivity contribution in [2.45, 2.75) is 4.90 Å². The highest BCUT2D eigenvalue weighted by atomic mass is 35.5. The number of benzene rings is 1. The Hall–Kier alpha value is -1.96. The summed E-state index contributed by atoms with van der Waals surface area (Å²) in [6.45, 7) is 0. The summed E-state index contributed by atoms with van der Waals surface area (Å²) in [6, 6.07) is 8.84. The fourth-order valence-corrected chi connectivity index (χ4v) is 2.46. The molecule has 0 radical (unpaired) electrons. The molecule has 2 aromatic rings. The van der Waals surface area contributed by atoms with E-state index < -0.39 is 15.9 Å². The highest BCUT2D eigenvalue weighted by Gasteiger charge is 2.17. The molecule has 0 saturated heterocycles. The molecule has 1 heterocycles. The zero-order valence-electron chi connectivity index (χ0n) is 10.1. The number of carbonyl (C=O) groups is 1. The van der Waals surface area contributed by atoms with Gasteiger partial charge in [0.2, 0.25) is 10.0 Å². The van der Waals surface area contributed by atoms with E-state index in [1.807, 2.05) is 0 Å². The molecule has 1 aromatic heterocycles. The zero-order valence-corrected chi connectivity index (χ0v) is 11.6. The molecule has 8 heteroatoms. The Kier molecular flexibility index (Phi) is 4.03. The Labute approximate surface area is 120 Å². The molecule has 1 aromatic carbocycles. The second-order valence-corrected chi connectivity index (χ2v) is 5.72. The number of halogens is 1. The van der Waals surface area contributed by atoms with Crippen molar-refractivity contribution in [3.05, 3.63) is 53.3 Å². The van der Waals surface area contributed by atoms with Gasteiger partial charge in [-0.1, -0.05) is 23.7 Å². The molecule has 0 unspecified atom stereocenters. The van der Waals surface area contributed by atoms with Crippen LogP contribution in [0.3, 0.4) is 0 Å². The van der Waals surface area contributed by atoms with E-state index in [4.69, 9.17) is 16.7 Å². The summed E-state index contributed by atoms with van der Waals surface area (Å²) in [4.78, 5) is 15.6. The van der Waals surface area contributed by atoms with E-state index in [0.29, 0.717) is 0 Å². The predicted molar refractivity (Wildman–Crippen MR) is 75.0 cm³/mol. The number of sulfonamides is 1. The van der Waals surface area contributed by atoms with Gasteiger partial charge >= 0.3 is 0 Å². The van der Waals surface area contributed by atoms with E-state index in [0.717, 1.165) is 0 Å². The number of aromatic nitrogens is 1. The number of para-hydroxylation sites is 1. The number of anilines is 1. The standard InChI is InChI=1S/C12H10ClN3O3S/c13-11-8(4-3-7-15-11)12(17)16-9-5-1-2-6-10(9)20(14,18)19/h1-7H,(H,16,17)(H2,14,18,19). The zero-order chi connectivity index (χ0) is 14.8. The van der Waals surface area contributed by atoms with Gasteiger partial charge in [0.05, 0.1) is 11.3 Å². The van der Waals surface area contributed by atoms with Crippen LogP contribution in [0.4, 0.5) is 5.69 Å². The normalized spacial score (nSPS) is 11.1. The van der Waals surface area contributed by atoms with Crippen molar-refractivity contribution in [1.82, 2.24) is 4.98 Å². The lowest BCUT2D eigenvalue weighted by Gasteiger charge is -2.09. The minimum Gasteiger partial charge on any atom is -0.321 e. The lowest BCUT2D eigenvalue weighted by Crippen LogP contribution is -2.18. The number of nitrogens with zero attached hydrogens (tertiary/aromatic N) is 1. The van der Waals surface area contributed by atoms with Gasteiger partial charge in [0.15, 0.2) is 0 Å². The molecule has 0 saturated carbocycles. The molecule has 0 aliphatic carbocycles. The van der Waals surface area contributed by atoms with Gasteiger partial charge < -0.3 is 5.32 Å². The van der Waals surface area contributed by atoms with Crippen LogP contribution in [-0.4, -0.2) is 19.3 Å². The minimum absolute atomic E-state index is 0.0260. The minimum atomic E-state index is -3.93. The molecule has 0 bridgehead atoms. The van der Waals surface area contributed by atoms with Crippen molar-refractivity contribution in [1.29, 1.82) is 0 Å². The van der Waals surface area contributed by atoms with E-state index in [1.165, 1.54) is 30.5 Å². The first kappa shape index (κ1) is 14.4. The fourth-order valence-electron chi connectivity index (χ4n) is 1.56. The average Bonchev–Trinajstić information content (AvgIpc) is 2.38. The van der Waals surface area contributed by atoms with Crippen molar-refractivity contribution in [3.8, 4) is 0 Å². The van der Waals surface area contributed by atoms with E-state index >= 15 is 0 Å². The summed E-state index contributed by atoms with van der Waals surface area (Å²) in [6.07, 6.45) is 1.44. The first-order chi connectivity index (χ1) is 9.39. The van der Waals surface area contributed by atoms with Gasteiger partial charge in [-0.25, -0.2) is 18.5 Å². The summed E-state index contributed by atoms with van der Waals surface area (Å²) in [5.74, 6) is -0.570. The largest absolute Gasteiger partial charge is 0.321 e. The Morgan fingerprint density at radius 2 is 1.90 bits per heavy atom. The Bertz CT molecular complexity index is 762. The molecule has 6 nitrogen and oxygen atoms in total. The second-order valence-electron chi connectivity index (χ2n) is 3.84. The Morgan fingerprint density at radius 3 is 2.55 bits per heavy atom. The maximum absolute atomic E-state index is 12.0. The van der Waals surface area contributed by atoms with Crippen molar-refractivity contribution < 1.29 is 13.2 Å². The lowest BCUT2D eigenvalue weighted by atomic mass is 10.2. The second kappa shape index (κ2) is 5.58. The summed E-state index contributed by atoms with van der Waals surface area (Å²) in [7, 11) is -3.93. The Morgan fingerprint density at radius 1 is 1.20 bits per heavy atom. The van der Waals surface area contributed by atoms with Crippen LogP contribution in [0.5, 0.6) is 0 Å². The highest BCUT2D eigenvalue weighted by molar-refractivity contribution is 7.89. The molecule has 0 aliphatic rings. The van der Waals surface area contributed by atoms with E-state index in [1.54, 1.807) is 12.1 Å². The summed E-state index contributed by atoms with van der Waals surface area (Å²) in [5, 5.41) is 7.56. The maximum atomic E-state index is 12.0. The quantitative estimate of drug-likeness (QED) is 0.841. The lowest BCUT2D eigenvalue weighted by molar-refractivity contribution is 0.102. The average molecular weight is 312 g/mol. The topological polar surface area (TPSA) is 102 Å². The van der Waals surface area contributed by atoms with Gasteiger partial charge in [-0.15, -0.1) is 0 Å². The molecule has 2 rings (SSSR count). The van der Waals surface area contributed by atoms with Crippen LogP contribution in [0.15, 0.2) is 47.5 Å². The Balaban J connectivity index is 2.37. The molecule has 104 valence electrons. The van der Waals surface area contributed by atoms with Crippen LogP contribution in [0.25, 0.3) is 0 Å². The van der Waals surface area contributed by atoms with Crippen LogP contribution >= 0.6 is 11.6 Å². The number of carbonyl (C=O) groups excluding carboxylic acids is 1. The third-order valence-corrected chi connectivity index (χ3v) is 3.72. The number of pyridine rings is 1.